The summed E-state index contributed by atoms with van der Waals surface area (Å²) in [5.41, 5.74) is 2.33. The number of hydrogen-bond donors (Lipinski definition) is 1. The molecule has 0 aromatic heterocycles. The van der Waals surface area contributed by atoms with E-state index in [0.717, 1.165) is 10.5 Å². The standard InChI is InChI=1S/C18H20ClNOS/c1-12-4-6-15(7-5-12)13(2)20-18(21)14(3)22-17-10-8-16(19)9-11-17/h4-11,13-14H,1-3H3,(H,20,21)/t13-,14-/m0/s1. The molecule has 0 saturated carbocycles. The molecule has 0 aliphatic heterocycles. The molecule has 2 atom stereocenters. The molecular formula is C18H20ClNOS. The third-order valence-electron chi connectivity index (χ3n) is 3.43. The smallest absolute Gasteiger partial charge is 0.233 e. The molecule has 2 aromatic rings. The Morgan fingerprint density at radius 1 is 1.05 bits per heavy atom. The van der Waals surface area contributed by atoms with E-state index >= 15 is 0 Å². The molecule has 22 heavy (non-hydrogen) atoms. The lowest BCUT2D eigenvalue weighted by molar-refractivity contribution is -0.120. The number of carbonyl (C=O) groups is 1. The zero-order valence-corrected chi connectivity index (χ0v) is 14.5. The van der Waals surface area contributed by atoms with E-state index in [0.29, 0.717) is 5.02 Å². The number of carbonyl (C=O) groups excluding carboxylic acids is 1. The first-order chi connectivity index (χ1) is 10.5. The van der Waals surface area contributed by atoms with Crippen LogP contribution in [0, 0.1) is 6.92 Å². The minimum absolute atomic E-state index is 0.00127. The number of amides is 1. The molecule has 2 nitrogen and oxygen atoms in total. The summed E-state index contributed by atoms with van der Waals surface area (Å²) in [6, 6.07) is 15.8. The van der Waals surface area contributed by atoms with Crippen LogP contribution in [0.1, 0.15) is 31.0 Å². The van der Waals surface area contributed by atoms with Crippen molar-refractivity contribution in [3.63, 3.8) is 0 Å². The van der Waals surface area contributed by atoms with E-state index in [9.17, 15) is 4.79 Å². The lowest BCUT2D eigenvalue weighted by atomic mass is 10.1. The SMILES string of the molecule is Cc1ccc([C@H](C)NC(=O)[C@H](C)Sc2ccc(Cl)cc2)cc1. The van der Waals surface area contributed by atoms with Gasteiger partial charge in [0.05, 0.1) is 11.3 Å². The van der Waals surface area contributed by atoms with Gasteiger partial charge >= 0.3 is 0 Å². The molecule has 2 rings (SSSR count). The second-order valence-corrected chi connectivity index (χ2v) is 7.21. The highest BCUT2D eigenvalue weighted by atomic mass is 35.5. The Bertz CT molecular complexity index is 625. The summed E-state index contributed by atoms with van der Waals surface area (Å²) in [5, 5.41) is 3.61. The van der Waals surface area contributed by atoms with Crippen molar-refractivity contribution in [1.82, 2.24) is 5.32 Å². The highest BCUT2D eigenvalue weighted by Crippen LogP contribution is 2.25. The number of benzene rings is 2. The van der Waals surface area contributed by atoms with Gasteiger partial charge in [-0.3, -0.25) is 4.79 Å². The minimum Gasteiger partial charge on any atom is -0.349 e. The molecule has 4 heteroatoms. The van der Waals surface area contributed by atoms with Gasteiger partial charge in [-0.05, 0) is 50.6 Å². The molecule has 1 amide bonds. The van der Waals surface area contributed by atoms with Crippen LogP contribution in [0.25, 0.3) is 0 Å². The van der Waals surface area contributed by atoms with Crippen molar-refractivity contribution in [1.29, 1.82) is 0 Å². The van der Waals surface area contributed by atoms with Gasteiger partial charge in [-0.1, -0.05) is 41.4 Å². The molecule has 0 aliphatic rings. The Morgan fingerprint density at radius 3 is 2.23 bits per heavy atom. The van der Waals surface area contributed by atoms with Gasteiger partial charge in [0, 0.05) is 9.92 Å². The second-order valence-electron chi connectivity index (χ2n) is 5.35. The minimum atomic E-state index is -0.158. The lowest BCUT2D eigenvalue weighted by Gasteiger charge is -2.18. The van der Waals surface area contributed by atoms with Crippen LogP contribution in [0.3, 0.4) is 0 Å². The van der Waals surface area contributed by atoms with Crippen molar-refractivity contribution in [2.45, 2.75) is 37.0 Å². The molecule has 0 bridgehead atoms. The van der Waals surface area contributed by atoms with Crippen molar-refractivity contribution in [2.24, 2.45) is 0 Å². The number of rotatable bonds is 5. The summed E-state index contributed by atoms with van der Waals surface area (Å²) in [5.74, 6) is 0.0352. The van der Waals surface area contributed by atoms with Gasteiger partial charge in [-0.25, -0.2) is 0 Å². The summed E-state index contributed by atoms with van der Waals surface area (Å²) in [7, 11) is 0. The molecule has 0 heterocycles. The van der Waals surface area contributed by atoms with Gasteiger partial charge in [0.2, 0.25) is 5.91 Å². The predicted octanol–water partition coefficient (Wildman–Crippen LogP) is 5.01. The van der Waals surface area contributed by atoms with Crippen molar-refractivity contribution in [3.05, 3.63) is 64.7 Å². The molecule has 0 spiro atoms. The monoisotopic (exact) mass is 333 g/mol. The third-order valence-corrected chi connectivity index (χ3v) is 4.80. The number of halogens is 1. The summed E-state index contributed by atoms with van der Waals surface area (Å²) in [4.78, 5) is 13.3. The van der Waals surface area contributed by atoms with Crippen molar-refractivity contribution in [3.8, 4) is 0 Å². The first-order valence-electron chi connectivity index (χ1n) is 7.25. The van der Waals surface area contributed by atoms with Crippen LogP contribution in [0.15, 0.2) is 53.4 Å². The fraction of sp³-hybridized carbons (Fsp3) is 0.278. The van der Waals surface area contributed by atoms with E-state index in [1.54, 1.807) is 0 Å². The maximum absolute atomic E-state index is 12.3. The normalized spacial score (nSPS) is 13.5. The number of hydrogen-bond acceptors (Lipinski definition) is 2. The molecular weight excluding hydrogens is 314 g/mol. The quantitative estimate of drug-likeness (QED) is 0.779. The van der Waals surface area contributed by atoms with Crippen LogP contribution < -0.4 is 5.32 Å². The number of thioether (sulfide) groups is 1. The van der Waals surface area contributed by atoms with E-state index in [1.165, 1.54) is 17.3 Å². The Morgan fingerprint density at radius 2 is 1.64 bits per heavy atom. The van der Waals surface area contributed by atoms with E-state index in [-0.39, 0.29) is 17.2 Å². The van der Waals surface area contributed by atoms with E-state index in [1.807, 2.05) is 38.1 Å². The molecule has 116 valence electrons. The van der Waals surface area contributed by atoms with Crippen LogP contribution in [-0.2, 0) is 4.79 Å². The second kappa shape index (κ2) is 7.70. The lowest BCUT2D eigenvalue weighted by Crippen LogP contribution is -2.33. The maximum Gasteiger partial charge on any atom is 0.233 e. The Balaban J connectivity index is 1.93. The van der Waals surface area contributed by atoms with Crippen LogP contribution >= 0.6 is 23.4 Å². The average Bonchev–Trinajstić information content (AvgIpc) is 2.50. The van der Waals surface area contributed by atoms with Gasteiger partial charge in [-0.2, -0.15) is 0 Å². The Hall–Kier alpha value is -1.45. The fourth-order valence-electron chi connectivity index (χ4n) is 2.04. The van der Waals surface area contributed by atoms with Gasteiger partial charge in [0.25, 0.3) is 0 Å². The number of nitrogens with one attached hydrogen (secondary N) is 1. The zero-order chi connectivity index (χ0) is 16.1. The van der Waals surface area contributed by atoms with E-state index in [2.05, 4.69) is 36.5 Å². The summed E-state index contributed by atoms with van der Waals surface area (Å²) in [6.45, 7) is 5.97. The zero-order valence-electron chi connectivity index (χ0n) is 13.0. The highest BCUT2D eigenvalue weighted by Gasteiger charge is 2.17. The maximum atomic E-state index is 12.3. The largest absolute Gasteiger partial charge is 0.349 e. The highest BCUT2D eigenvalue weighted by molar-refractivity contribution is 8.00. The molecule has 0 unspecified atom stereocenters. The van der Waals surface area contributed by atoms with Crippen molar-refractivity contribution < 1.29 is 4.79 Å². The first-order valence-corrected chi connectivity index (χ1v) is 8.50. The van der Waals surface area contributed by atoms with Crippen LogP contribution in [-0.4, -0.2) is 11.2 Å². The van der Waals surface area contributed by atoms with Gasteiger partial charge in [0.15, 0.2) is 0 Å². The topological polar surface area (TPSA) is 29.1 Å². The number of aryl methyl sites for hydroxylation is 1. The molecule has 0 saturated heterocycles. The third kappa shape index (κ3) is 4.79. The molecule has 0 aliphatic carbocycles. The molecule has 0 radical (unpaired) electrons. The van der Waals surface area contributed by atoms with Crippen LogP contribution in [0.4, 0.5) is 0 Å². The van der Waals surface area contributed by atoms with Gasteiger partial charge in [0.1, 0.15) is 0 Å². The molecule has 2 aromatic carbocycles. The average molecular weight is 334 g/mol. The molecule has 0 fully saturated rings. The first kappa shape index (κ1) is 16.9. The van der Waals surface area contributed by atoms with E-state index < -0.39 is 0 Å². The fourth-order valence-corrected chi connectivity index (χ4v) is 3.04. The van der Waals surface area contributed by atoms with Crippen molar-refractivity contribution >= 4 is 29.3 Å². The summed E-state index contributed by atoms with van der Waals surface area (Å²) >= 11 is 7.40. The Labute approximate surface area is 141 Å². The van der Waals surface area contributed by atoms with Gasteiger partial charge in [-0.15, -0.1) is 11.8 Å². The van der Waals surface area contributed by atoms with Crippen LogP contribution in [0.5, 0.6) is 0 Å². The summed E-state index contributed by atoms with van der Waals surface area (Å²) in [6.07, 6.45) is 0. The molecule has 1 N–H and O–H groups in total. The van der Waals surface area contributed by atoms with Gasteiger partial charge < -0.3 is 5.32 Å². The van der Waals surface area contributed by atoms with E-state index in [4.69, 9.17) is 11.6 Å². The summed E-state index contributed by atoms with van der Waals surface area (Å²) < 4.78 is 0. The predicted molar refractivity (Wildman–Crippen MR) is 94.5 cm³/mol. The van der Waals surface area contributed by atoms with Crippen LogP contribution in [0.2, 0.25) is 5.02 Å². The Kier molecular flexibility index (Phi) is 5.92. The van der Waals surface area contributed by atoms with Crippen molar-refractivity contribution in [2.75, 3.05) is 0 Å².